The Morgan fingerprint density at radius 1 is 1.25 bits per heavy atom. The topological polar surface area (TPSA) is 87.0 Å². The minimum atomic E-state index is -0.730. The molecular weight excluding hydrogens is 260 g/mol. The van der Waals surface area contributed by atoms with Gasteiger partial charge in [0.25, 0.3) is 0 Å². The Kier molecular flexibility index (Phi) is 7.80. The Morgan fingerprint density at radius 3 is 2.60 bits per heavy atom. The van der Waals surface area contributed by atoms with Crippen LogP contribution in [0.25, 0.3) is 0 Å². The van der Waals surface area contributed by atoms with Crippen molar-refractivity contribution < 1.29 is 24.9 Å². The molecule has 20 heavy (non-hydrogen) atoms. The summed E-state index contributed by atoms with van der Waals surface area (Å²) in [6.07, 6.45) is 4.81. The molecule has 0 fully saturated rings. The number of carbonyl (C=O) groups excluding carboxylic acids is 1. The maximum absolute atomic E-state index is 11.0. The van der Waals surface area contributed by atoms with Crippen LogP contribution in [0.4, 0.5) is 0 Å². The molecule has 0 saturated heterocycles. The summed E-state index contributed by atoms with van der Waals surface area (Å²) in [5, 5.41) is 29.4. The molecule has 5 nitrogen and oxygen atoms in total. The van der Waals surface area contributed by atoms with Crippen molar-refractivity contribution in [1.82, 2.24) is 0 Å². The van der Waals surface area contributed by atoms with Crippen LogP contribution in [0.2, 0.25) is 0 Å². The summed E-state index contributed by atoms with van der Waals surface area (Å²) in [6, 6.07) is 0. The summed E-state index contributed by atoms with van der Waals surface area (Å²) in [6.45, 7) is 2.05. The van der Waals surface area contributed by atoms with Crippen molar-refractivity contribution in [3.8, 4) is 0 Å². The van der Waals surface area contributed by atoms with Crippen LogP contribution in [0, 0.1) is 0 Å². The van der Waals surface area contributed by atoms with E-state index in [0.29, 0.717) is 19.3 Å². The fourth-order valence-corrected chi connectivity index (χ4v) is 2.39. The summed E-state index contributed by atoms with van der Waals surface area (Å²) < 4.78 is 5.06. The third-order valence-electron chi connectivity index (χ3n) is 3.45. The van der Waals surface area contributed by atoms with E-state index in [0.717, 1.165) is 12.8 Å². The number of esters is 1. The van der Waals surface area contributed by atoms with E-state index in [4.69, 9.17) is 4.74 Å². The van der Waals surface area contributed by atoms with Crippen molar-refractivity contribution >= 4 is 5.97 Å². The monoisotopic (exact) mass is 286 g/mol. The zero-order valence-corrected chi connectivity index (χ0v) is 12.1. The Morgan fingerprint density at radius 2 is 1.95 bits per heavy atom. The van der Waals surface area contributed by atoms with Crippen LogP contribution in [0.15, 0.2) is 12.2 Å². The van der Waals surface area contributed by atoms with Gasteiger partial charge in [0, 0.05) is 18.9 Å². The van der Waals surface area contributed by atoms with Crippen LogP contribution < -0.4 is 0 Å². The molecule has 3 N–H and O–H groups in total. The standard InChI is InChI=1S/C15H26O5/c1-2-3-5-11(16)8-12(17)9-13(18)10-14-6-4-7-15(19)20-14/h4,7,11-14,16-18H,2-3,5-6,8-10H2,1H3/t11-,12+,13-,14-/m0/s1. The highest BCUT2D eigenvalue weighted by Gasteiger charge is 2.22. The number of aliphatic hydroxyl groups is 3. The molecule has 0 amide bonds. The summed E-state index contributed by atoms with van der Waals surface area (Å²) in [5.74, 6) is -0.385. The molecule has 0 spiro atoms. The lowest BCUT2D eigenvalue weighted by molar-refractivity contribution is -0.145. The Hall–Kier alpha value is -0.910. The van der Waals surface area contributed by atoms with Gasteiger partial charge in [0.2, 0.25) is 0 Å². The van der Waals surface area contributed by atoms with Crippen molar-refractivity contribution in [3.63, 3.8) is 0 Å². The minimum absolute atomic E-state index is 0.195. The maximum Gasteiger partial charge on any atom is 0.330 e. The summed E-state index contributed by atoms with van der Waals surface area (Å²) >= 11 is 0. The van der Waals surface area contributed by atoms with Crippen LogP contribution in [-0.4, -0.2) is 45.7 Å². The van der Waals surface area contributed by atoms with Gasteiger partial charge in [-0.1, -0.05) is 25.8 Å². The van der Waals surface area contributed by atoms with E-state index in [1.807, 2.05) is 6.92 Å². The fourth-order valence-electron chi connectivity index (χ4n) is 2.39. The number of ether oxygens (including phenoxy) is 1. The Bertz CT molecular complexity index is 315. The van der Waals surface area contributed by atoms with E-state index in [-0.39, 0.29) is 24.9 Å². The van der Waals surface area contributed by atoms with E-state index >= 15 is 0 Å². The zero-order valence-electron chi connectivity index (χ0n) is 12.1. The first-order valence-corrected chi connectivity index (χ1v) is 7.42. The number of hydrogen-bond acceptors (Lipinski definition) is 5. The summed E-state index contributed by atoms with van der Waals surface area (Å²) in [5.41, 5.74) is 0. The molecule has 5 heteroatoms. The van der Waals surface area contributed by atoms with Crippen molar-refractivity contribution in [2.45, 2.75) is 76.3 Å². The smallest absolute Gasteiger partial charge is 0.330 e. The minimum Gasteiger partial charge on any atom is -0.459 e. The molecular formula is C15H26O5. The SMILES string of the molecule is CCCC[C@H](O)C[C@@H](O)C[C@H](O)C[C@@H]1CC=CC(=O)O1. The highest BCUT2D eigenvalue weighted by molar-refractivity contribution is 5.82. The molecule has 0 aromatic rings. The predicted octanol–water partition coefficient (Wildman–Crippen LogP) is 1.30. The molecule has 0 radical (unpaired) electrons. The number of cyclic esters (lactones) is 1. The Labute approximate surface area is 120 Å². The molecule has 0 bridgehead atoms. The Balaban J connectivity index is 2.22. The number of aliphatic hydroxyl groups excluding tert-OH is 3. The second-order valence-electron chi connectivity index (χ2n) is 5.51. The van der Waals surface area contributed by atoms with Crippen molar-refractivity contribution in [3.05, 3.63) is 12.2 Å². The highest BCUT2D eigenvalue weighted by atomic mass is 16.5. The van der Waals surface area contributed by atoms with Gasteiger partial charge in [-0.25, -0.2) is 4.79 Å². The summed E-state index contributed by atoms with van der Waals surface area (Å²) in [7, 11) is 0. The first kappa shape index (κ1) is 17.1. The average Bonchev–Trinajstić information content (AvgIpc) is 2.35. The van der Waals surface area contributed by atoms with Crippen LogP contribution in [-0.2, 0) is 9.53 Å². The normalized spacial score (nSPS) is 23.2. The van der Waals surface area contributed by atoms with Crippen LogP contribution >= 0.6 is 0 Å². The molecule has 0 aromatic carbocycles. The van der Waals surface area contributed by atoms with Crippen molar-refractivity contribution in [2.75, 3.05) is 0 Å². The molecule has 4 atom stereocenters. The van der Waals surface area contributed by atoms with Gasteiger partial charge in [-0.2, -0.15) is 0 Å². The first-order valence-electron chi connectivity index (χ1n) is 7.42. The van der Waals surface area contributed by atoms with Gasteiger partial charge in [-0.3, -0.25) is 0 Å². The lowest BCUT2D eigenvalue weighted by Crippen LogP contribution is -2.28. The summed E-state index contributed by atoms with van der Waals surface area (Å²) in [4.78, 5) is 11.0. The first-order chi connectivity index (χ1) is 9.51. The van der Waals surface area contributed by atoms with E-state index < -0.39 is 18.3 Å². The van der Waals surface area contributed by atoms with Gasteiger partial charge in [-0.15, -0.1) is 0 Å². The van der Waals surface area contributed by atoms with Crippen molar-refractivity contribution in [2.24, 2.45) is 0 Å². The number of unbranched alkanes of at least 4 members (excludes halogenated alkanes) is 1. The number of carbonyl (C=O) groups is 1. The molecule has 1 aliphatic rings. The third-order valence-corrected chi connectivity index (χ3v) is 3.45. The molecule has 116 valence electrons. The number of rotatable bonds is 9. The van der Waals surface area contributed by atoms with Gasteiger partial charge in [0.05, 0.1) is 18.3 Å². The lowest BCUT2D eigenvalue weighted by Gasteiger charge is -2.23. The number of hydrogen-bond donors (Lipinski definition) is 3. The van der Waals surface area contributed by atoms with Gasteiger partial charge >= 0.3 is 5.97 Å². The molecule has 1 aliphatic heterocycles. The zero-order chi connectivity index (χ0) is 15.0. The van der Waals surface area contributed by atoms with Crippen LogP contribution in [0.1, 0.15) is 51.9 Å². The fraction of sp³-hybridized carbons (Fsp3) is 0.800. The predicted molar refractivity (Wildman–Crippen MR) is 75.0 cm³/mol. The van der Waals surface area contributed by atoms with Gasteiger partial charge in [0.15, 0.2) is 0 Å². The van der Waals surface area contributed by atoms with Crippen LogP contribution in [0.5, 0.6) is 0 Å². The molecule has 1 heterocycles. The quantitative estimate of drug-likeness (QED) is 0.556. The molecule has 0 unspecified atom stereocenters. The largest absolute Gasteiger partial charge is 0.459 e. The second-order valence-corrected chi connectivity index (χ2v) is 5.51. The van der Waals surface area contributed by atoms with E-state index in [9.17, 15) is 20.1 Å². The van der Waals surface area contributed by atoms with E-state index in [1.54, 1.807) is 6.08 Å². The van der Waals surface area contributed by atoms with Crippen molar-refractivity contribution in [1.29, 1.82) is 0 Å². The van der Waals surface area contributed by atoms with E-state index in [2.05, 4.69) is 0 Å². The molecule has 1 rings (SSSR count). The highest BCUT2D eigenvalue weighted by Crippen LogP contribution is 2.17. The van der Waals surface area contributed by atoms with E-state index in [1.165, 1.54) is 6.08 Å². The van der Waals surface area contributed by atoms with Gasteiger partial charge in [-0.05, 0) is 19.3 Å². The average molecular weight is 286 g/mol. The third kappa shape index (κ3) is 7.03. The molecule has 0 aromatic heterocycles. The maximum atomic E-state index is 11.0. The molecule has 0 saturated carbocycles. The van der Waals surface area contributed by atoms with Crippen LogP contribution in [0.3, 0.4) is 0 Å². The van der Waals surface area contributed by atoms with Gasteiger partial charge in [0.1, 0.15) is 6.10 Å². The van der Waals surface area contributed by atoms with Gasteiger partial charge < -0.3 is 20.1 Å². The lowest BCUT2D eigenvalue weighted by atomic mass is 9.98. The second kappa shape index (κ2) is 9.10. The molecule has 0 aliphatic carbocycles.